The van der Waals surface area contributed by atoms with E-state index in [2.05, 4.69) is 0 Å². The van der Waals surface area contributed by atoms with E-state index in [-0.39, 0.29) is 16.7 Å². The van der Waals surface area contributed by atoms with Crippen LogP contribution in [0, 0.1) is 0 Å². The lowest BCUT2D eigenvalue weighted by molar-refractivity contribution is -0.132. The average molecular weight is 175 g/mol. The van der Waals surface area contributed by atoms with Crippen molar-refractivity contribution in [1.82, 2.24) is 0 Å². The van der Waals surface area contributed by atoms with Gasteiger partial charge in [-0.1, -0.05) is 6.08 Å². The predicted octanol–water partition coefficient (Wildman–Crippen LogP) is 1.45. The van der Waals surface area contributed by atoms with Gasteiger partial charge < -0.3 is 10.2 Å². The molecule has 1 atom stereocenters. The van der Waals surface area contributed by atoms with Gasteiger partial charge in [0, 0.05) is 0 Å². The van der Waals surface area contributed by atoms with Crippen LogP contribution in [0.5, 0.6) is 0 Å². The molecular formula is C7H7ClO3. The molecule has 1 aliphatic carbocycles. The lowest BCUT2D eigenvalue weighted by atomic mass is 10.1. The van der Waals surface area contributed by atoms with Gasteiger partial charge in [0.05, 0.1) is 11.0 Å². The molecule has 1 unspecified atom stereocenters. The summed E-state index contributed by atoms with van der Waals surface area (Å²) in [6.45, 7) is 0. The molecule has 0 saturated carbocycles. The highest BCUT2D eigenvalue weighted by atomic mass is 35.5. The smallest absolute Gasteiger partial charge is 0.339 e. The average Bonchev–Trinajstić information content (AvgIpc) is 1.85. The number of carboxylic acids is 1. The van der Waals surface area contributed by atoms with Gasteiger partial charge in [0.2, 0.25) is 0 Å². The Morgan fingerprint density at radius 1 is 1.73 bits per heavy atom. The fourth-order valence-corrected chi connectivity index (χ4v) is 1.07. The molecule has 0 fully saturated rings. The SMILES string of the molecule is O=C(O)C1=CCC(Cl)C=C1O. The van der Waals surface area contributed by atoms with E-state index < -0.39 is 5.97 Å². The highest BCUT2D eigenvalue weighted by Gasteiger charge is 2.17. The lowest BCUT2D eigenvalue weighted by Gasteiger charge is -2.10. The number of hydrogen-bond donors (Lipinski definition) is 2. The van der Waals surface area contributed by atoms with Crippen LogP contribution in [-0.4, -0.2) is 21.6 Å². The number of aliphatic hydroxyl groups excluding tert-OH is 1. The van der Waals surface area contributed by atoms with Crippen LogP contribution < -0.4 is 0 Å². The molecule has 0 aliphatic heterocycles. The Kier molecular flexibility index (Phi) is 2.19. The second-order valence-corrected chi connectivity index (χ2v) is 2.79. The third-order valence-corrected chi connectivity index (χ3v) is 1.70. The van der Waals surface area contributed by atoms with Crippen molar-refractivity contribution in [2.75, 3.05) is 0 Å². The van der Waals surface area contributed by atoms with Crippen LogP contribution in [0.1, 0.15) is 6.42 Å². The van der Waals surface area contributed by atoms with Gasteiger partial charge in [0.15, 0.2) is 0 Å². The van der Waals surface area contributed by atoms with Gasteiger partial charge in [-0.15, -0.1) is 11.6 Å². The highest BCUT2D eigenvalue weighted by molar-refractivity contribution is 6.22. The Balaban J connectivity index is 2.86. The van der Waals surface area contributed by atoms with Crippen LogP contribution in [0.4, 0.5) is 0 Å². The van der Waals surface area contributed by atoms with E-state index in [0.29, 0.717) is 6.42 Å². The number of alkyl halides is 1. The van der Waals surface area contributed by atoms with Gasteiger partial charge in [-0.05, 0) is 12.5 Å². The van der Waals surface area contributed by atoms with E-state index in [9.17, 15) is 4.79 Å². The molecule has 0 bridgehead atoms. The van der Waals surface area contributed by atoms with E-state index in [0.717, 1.165) is 0 Å². The van der Waals surface area contributed by atoms with Crippen molar-refractivity contribution in [2.45, 2.75) is 11.8 Å². The van der Waals surface area contributed by atoms with Crippen molar-refractivity contribution in [1.29, 1.82) is 0 Å². The van der Waals surface area contributed by atoms with Crippen LogP contribution in [-0.2, 0) is 4.79 Å². The fraction of sp³-hybridized carbons (Fsp3) is 0.286. The number of aliphatic hydroxyl groups is 1. The maximum absolute atomic E-state index is 10.4. The topological polar surface area (TPSA) is 57.5 Å². The first-order chi connectivity index (χ1) is 5.11. The second kappa shape index (κ2) is 2.96. The molecule has 0 saturated heterocycles. The summed E-state index contributed by atoms with van der Waals surface area (Å²) in [4.78, 5) is 10.4. The summed E-state index contributed by atoms with van der Waals surface area (Å²) in [7, 11) is 0. The molecule has 3 nitrogen and oxygen atoms in total. The van der Waals surface area contributed by atoms with Crippen LogP contribution in [0.3, 0.4) is 0 Å². The number of carbonyl (C=O) groups is 1. The number of hydrogen-bond acceptors (Lipinski definition) is 2. The minimum Gasteiger partial charge on any atom is -0.507 e. The maximum atomic E-state index is 10.4. The quantitative estimate of drug-likeness (QED) is 0.592. The van der Waals surface area contributed by atoms with E-state index in [1.54, 1.807) is 0 Å². The first-order valence-corrected chi connectivity index (χ1v) is 3.53. The van der Waals surface area contributed by atoms with Crippen LogP contribution in [0.2, 0.25) is 0 Å². The Labute approximate surface area is 68.6 Å². The van der Waals surface area contributed by atoms with Gasteiger partial charge in [0.25, 0.3) is 0 Å². The zero-order valence-corrected chi connectivity index (χ0v) is 6.38. The van der Waals surface area contributed by atoms with Gasteiger partial charge in [-0.3, -0.25) is 0 Å². The van der Waals surface area contributed by atoms with Crippen molar-refractivity contribution in [2.24, 2.45) is 0 Å². The number of halogens is 1. The normalized spacial score (nSPS) is 23.9. The molecule has 1 aliphatic rings. The summed E-state index contributed by atoms with van der Waals surface area (Å²) in [5, 5.41) is 17.2. The molecule has 4 heteroatoms. The molecule has 0 aromatic heterocycles. The summed E-state index contributed by atoms with van der Waals surface area (Å²) >= 11 is 5.61. The molecule has 2 N–H and O–H groups in total. The first-order valence-electron chi connectivity index (χ1n) is 3.10. The van der Waals surface area contributed by atoms with Crippen molar-refractivity contribution in [3.8, 4) is 0 Å². The molecule has 0 spiro atoms. The van der Waals surface area contributed by atoms with Gasteiger partial charge in [0.1, 0.15) is 5.76 Å². The zero-order valence-electron chi connectivity index (χ0n) is 5.62. The second-order valence-electron chi connectivity index (χ2n) is 2.23. The van der Waals surface area contributed by atoms with Gasteiger partial charge in [-0.2, -0.15) is 0 Å². The van der Waals surface area contributed by atoms with Crippen LogP contribution in [0.15, 0.2) is 23.5 Å². The standard InChI is InChI=1S/C7H7ClO3/c8-4-1-2-5(7(10)11)6(9)3-4/h2-4,9H,1H2,(H,10,11). The molecular weight excluding hydrogens is 168 g/mol. The molecule has 0 aromatic rings. The molecule has 1 rings (SSSR count). The summed E-state index contributed by atoms with van der Waals surface area (Å²) in [6.07, 6.45) is 3.19. The predicted molar refractivity (Wildman–Crippen MR) is 40.7 cm³/mol. The Morgan fingerprint density at radius 3 is 2.82 bits per heavy atom. The van der Waals surface area contributed by atoms with E-state index in [4.69, 9.17) is 21.8 Å². The van der Waals surface area contributed by atoms with Gasteiger partial charge >= 0.3 is 5.97 Å². The molecule has 0 radical (unpaired) electrons. The lowest BCUT2D eigenvalue weighted by Crippen LogP contribution is -2.10. The molecule has 11 heavy (non-hydrogen) atoms. The molecule has 0 aromatic carbocycles. The Bertz CT molecular complexity index is 242. The summed E-state index contributed by atoms with van der Waals surface area (Å²) in [5.74, 6) is -1.37. The number of allylic oxidation sites excluding steroid dienone is 2. The van der Waals surface area contributed by atoms with Crippen LogP contribution in [0.25, 0.3) is 0 Å². The summed E-state index contributed by atoms with van der Waals surface area (Å²) in [5.41, 5.74) is -0.0677. The number of rotatable bonds is 1. The largest absolute Gasteiger partial charge is 0.507 e. The molecule has 0 heterocycles. The van der Waals surface area contributed by atoms with Crippen LogP contribution >= 0.6 is 11.6 Å². The van der Waals surface area contributed by atoms with E-state index in [1.165, 1.54) is 12.2 Å². The first kappa shape index (κ1) is 8.14. The molecule has 0 amide bonds. The summed E-state index contributed by atoms with van der Waals surface area (Å²) < 4.78 is 0. The van der Waals surface area contributed by atoms with Gasteiger partial charge in [-0.25, -0.2) is 4.79 Å². The zero-order chi connectivity index (χ0) is 8.43. The number of aliphatic carboxylic acids is 1. The number of carboxylic acid groups (broad SMARTS) is 1. The van der Waals surface area contributed by atoms with Crippen molar-refractivity contribution < 1.29 is 15.0 Å². The maximum Gasteiger partial charge on any atom is 0.339 e. The van der Waals surface area contributed by atoms with Crippen molar-refractivity contribution in [3.63, 3.8) is 0 Å². The Hall–Kier alpha value is -0.960. The van der Waals surface area contributed by atoms with E-state index in [1.807, 2.05) is 0 Å². The summed E-state index contributed by atoms with van der Waals surface area (Å²) in [6, 6.07) is 0. The van der Waals surface area contributed by atoms with Crippen molar-refractivity contribution in [3.05, 3.63) is 23.5 Å². The molecule has 60 valence electrons. The minimum absolute atomic E-state index is 0.0677. The fourth-order valence-electron chi connectivity index (χ4n) is 0.861. The monoisotopic (exact) mass is 174 g/mol. The minimum atomic E-state index is -1.12. The third kappa shape index (κ3) is 1.74. The third-order valence-electron chi connectivity index (χ3n) is 1.39. The Morgan fingerprint density at radius 2 is 2.36 bits per heavy atom. The highest BCUT2D eigenvalue weighted by Crippen LogP contribution is 2.19. The van der Waals surface area contributed by atoms with E-state index >= 15 is 0 Å². The van der Waals surface area contributed by atoms with Crippen molar-refractivity contribution >= 4 is 17.6 Å².